The van der Waals surface area contributed by atoms with E-state index in [1.165, 1.54) is 7.11 Å². The first-order valence-corrected chi connectivity index (χ1v) is 9.78. The Morgan fingerprint density at radius 3 is 2.73 bits per heavy atom. The van der Waals surface area contributed by atoms with Crippen LogP contribution in [0.3, 0.4) is 0 Å². The summed E-state index contributed by atoms with van der Waals surface area (Å²) < 4.78 is 4.93. The standard InChI is InChI=1S/C22H23N5O3/c1-30-21(28)18(13-15-5-3-2-4-6-15)26-22(29)27-12-9-17-19(25-14-24-17)20(27)16-7-10-23-11-8-16/h2-8,10-11,14,18,20H,9,12-13H2,1H3,(H,24,25)(H,26,29). The first kappa shape index (κ1) is 19.6. The van der Waals surface area contributed by atoms with E-state index in [0.29, 0.717) is 19.4 Å². The number of carbonyl (C=O) groups excluding carboxylic acids is 2. The van der Waals surface area contributed by atoms with Crippen LogP contribution in [0.25, 0.3) is 0 Å². The summed E-state index contributed by atoms with van der Waals surface area (Å²) in [5.41, 5.74) is 3.66. The Bertz CT molecular complexity index is 1010. The van der Waals surface area contributed by atoms with Crippen molar-refractivity contribution in [2.45, 2.75) is 24.9 Å². The average molecular weight is 405 g/mol. The number of imidazole rings is 1. The number of H-pyrrole nitrogens is 1. The van der Waals surface area contributed by atoms with Gasteiger partial charge in [-0.15, -0.1) is 0 Å². The molecule has 0 bridgehead atoms. The molecule has 0 radical (unpaired) electrons. The zero-order valence-corrected chi connectivity index (χ0v) is 16.6. The molecule has 3 heterocycles. The van der Waals surface area contributed by atoms with E-state index in [-0.39, 0.29) is 12.1 Å². The third-order valence-corrected chi connectivity index (χ3v) is 5.27. The Kier molecular flexibility index (Phi) is 5.74. The Balaban J connectivity index is 1.59. The average Bonchev–Trinajstić information content (AvgIpc) is 3.27. The van der Waals surface area contributed by atoms with Crippen LogP contribution < -0.4 is 5.32 Å². The van der Waals surface area contributed by atoms with Gasteiger partial charge in [0.25, 0.3) is 0 Å². The molecule has 2 N–H and O–H groups in total. The summed E-state index contributed by atoms with van der Waals surface area (Å²) in [6.07, 6.45) is 6.04. The molecule has 1 aliphatic heterocycles. The second-order valence-corrected chi connectivity index (χ2v) is 7.11. The van der Waals surface area contributed by atoms with E-state index in [0.717, 1.165) is 22.5 Å². The van der Waals surface area contributed by atoms with Crippen molar-refractivity contribution in [2.75, 3.05) is 13.7 Å². The van der Waals surface area contributed by atoms with Gasteiger partial charge in [0, 0.05) is 37.5 Å². The quantitative estimate of drug-likeness (QED) is 0.634. The number of methoxy groups -OCH3 is 1. The maximum Gasteiger partial charge on any atom is 0.328 e. The normalized spacial score (nSPS) is 16.4. The number of hydrogen-bond donors (Lipinski definition) is 2. The summed E-state index contributed by atoms with van der Waals surface area (Å²) in [4.78, 5) is 39.0. The van der Waals surface area contributed by atoms with Gasteiger partial charge in [-0.2, -0.15) is 0 Å². The van der Waals surface area contributed by atoms with Crippen LogP contribution in [0.15, 0.2) is 61.2 Å². The van der Waals surface area contributed by atoms with Crippen LogP contribution in [0.4, 0.5) is 4.79 Å². The summed E-state index contributed by atoms with van der Waals surface area (Å²) in [5.74, 6) is -0.481. The highest BCUT2D eigenvalue weighted by Crippen LogP contribution is 2.33. The highest BCUT2D eigenvalue weighted by molar-refractivity contribution is 5.84. The number of ether oxygens (including phenoxy) is 1. The van der Waals surface area contributed by atoms with Gasteiger partial charge in [0.15, 0.2) is 0 Å². The maximum absolute atomic E-state index is 13.3. The molecule has 4 rings (SSSR count). The largest absolute Gasteiger partial charge is 0.467 e. The molecule has 30 heavy (non-hydrogen) atoms. The van der Waals surface area contributed by atoms with Gasteiger partial charge >= 0.3 is 12.0 Å². The fourth-order valence-electron chi connectivity index (χ4n) is 3.80. The summed E-state index contributed by atoms with van der Waals surface area (Å²) in [6, 6.07) is 11.8. The highest BCUT2D eigenvalue weighted by Gasteiger charge is 2.35. The molecule has 3 aromatic rings. The minimum atomic E-state index is -0.788. The molecular formula is C22H23N5O3. The SMILES string of the molecule is COC(=O)C(Cc1ccccc1)NC(=O)N1CCc2[nH]cnc2C1c1ccncc1. The number of nitrogens with zero attached hydrogens (tertiary/aromatic N) is 3. The number of benzene rings is 1. The van der Waals surface area contributed by atoms with Crippen LogP contribution >= 0.6 is 0 Å². The van der Waals surface area contributed by atoms with Crippen LogP contribution in [0.2, 0.25) is 0 Å². The Morgan fingerprint density at radius 1 is 1.23 bits per heavy atom. The Morgan fingerprint density at radius 2 is 2.00 bits per heavy atom. The molecule has 0 spiro atoms. The molecule has 1 aromatic carbocycles. The molecule has 0 aliphatic carbocycles. The first-order valence-electron chi connectivity index (χ1n) is 9.78. The van der Waals surface area contributed by atoms with Gasteiger partial charge in [0.05, 0.1) is 19.1 Å². The fourth-order valence-corrected chi connectivity index (χ4v) is 3.80. The van der Waals surface area contributed by atoms with Crippen molar-refractivity contribution < 1.29 is 14.3 Å². The molecule has 0 fully saturated rings. The summed E-state index contributed by atoms with van der Waals surface area (Å²) in [7, 11) is 1.32. The maximum atomic E-state index is 13.3. The summed E-state index contributed by atoms with van der Waals surface area (Å²) in [6.45, 7) is 0.493. The lowest BCUT2D eigenvalue weighted by molar-refractivity contribution is -0.142. The number of urea groups is 1. The predicted molar refractivity (Wildman–Crippen MR) is 110 cm³/mol. The third-order valence-electron chi connectivity index (χ3n) is 5.27. The van der Waals surface area contributed by atoms with Gasteiger partial charge < -0.3 is 19.9 Å². The lowest BCUT2D eigenvalue weighted by Crippen LogP contribution is -2.52. The number of rotatable bonds is 5. The van der Waals surface area contributed by atoms with Crippen LogP contribution in [-0.2, 0) is 22.4 Å². The highest BCUT2D eigenvalue weighted by atomic mass is 16.5. The van der Waals surface area contributed by atoms with Crippen molar-refractivity contribution in [1.82, 2.24) is 25.2 Å². The molecule has 2 amide bonds. The smallest absolute Gasteiger partial charge is 0.328 e. The Labute approximate surface area is 174 Å². The van der Waals surface area contributed by atoms with Crippen molar-refractivity contribution in [3.8, 4) is 0 Å². The number of pyridine rings is 1. The van der Waals surface area contributed by atoms with Gasteiger partial charge in [-0.05, 0) is 23.3 Å². The number of fused-ring (bicyclic) bond motifs is 1. The third kappa shape index (κ3) is 4.03. The lowest BCUT2D eigenvalue weighted by Gasteiger charge is -2.36. The molecule has 2 unspecified atom stereocenters. The van der Waals surface area contributed by atoms with Gasteiger partial charge in [0.2, 0.25) is 0 Å². The van der Waals surface area contributed by atoms with E-state index in [9.17, 15) is 9.59 Å². The second-order valence-electron chi connectivity index (χ2n) is 7.11. The molecule has 8 heteroatoms. The van der Waals surface area contributed by atoms with Crippen LogP contribution in [0, 0.1) is 0 Å². The van der Waals surface area contributed by atoms with E-state index in [1.807, 2.05) is 42.5 Å². The molecule has 2 atom stereocenters. The summed E-state index contributed by atoms with van der Waals surface area (Å²) >= 11 is 0. The van der Waals surface area contributed by atoms with Crippen molar-refractivity contribution in [1.29, 1.82) is 0 Å². The van der Waals surface area contributed by atoms with E-state index >= 15 is 0 Å². The molecule has 154 valence electrons. The minimum Gasteiger partial charge on any atom is -0.467 e. The number of carbonyl (C=O) groups is 2. The van der Waals surface area contributed by atoms with Crippen molar-refractivity contribution in [3.05, 3.63) is 83.7 Å². The van der Waals surface area contributed by atoms with Gasteiger partial charge in [-0.25, -0.2) is 14.6 Å². The van der Waals surface area contributed by atoms with Crippen molar-refractivity contribution in [3.63, 3.8) is 0 Å². The zero-order chi connectivity index (χ0) is 20.9. The van der Waals surface area contributed by atoms with Gasteiger partial charge in [0.1, 0.15) is 12.1 Å². The predicted octanol–water partition coefficient (Wildman–Crippen LogP) is 2.25. The molecular weight excluding hydrogens is 382 g/mol. The number of aromatic amines is 1. The fraction of sp³-hybridized carbons (Fsp3) is 0.273. The number of nitrogens with one attached hydrogen (secondary N) is 2. The molecule has 0 saturated heterocycles. The Hall–Kier alpha value is -3.68. The molecule has 2 aromatic heterocycles. The van der Waals surface area contributed by atoms with Crippen molar-refractivity contribution in [2.24, 2.45) is 0 Å². The van der Waals surface area contributed by atoms with E-state index in [2.05, 4.69) is 20.3 Å². The molecule has 0 saturated carbocycles. The monoisotopic (exact) mass is 405 g/mol. The topological polar surface area (TPSA) is 100 Å². The molecule has 1 aliphatic rings. The van der Waals surface area contributed by atoms with Gasteiger partial charge in [-0.3, -0.25) is 4.98 Å². The van der Waals surface area contributed by atoms with Crippen molar-refractivity contribution >= 4 is 12.0 Å². The number of aromatic nitrogens is 3. The lowest BCUT2D eigenvalue weighted by atomic mass is 9.96. The van der Waals surface area contributed by atoms with Gasteiger partial charge in [-0.1, -0.05) is 30.3 Å². The van der Waals surface area contributed by atoms with E-state index < -0.39 is 12.0 Å². The first-order chi connectivity index (χ1) is 14.7. The number of hydrogen-bond acceptors (Lipinski definition) is 5. The zero-order valence-electron chi connectivity index (χ0n) is 16.6. The second kappa shape index (κ2) is 8.77. The minimum absolute atomic E-state index is 0.336. The van der Waals surface area contributed by atoms with E-state index in [4.69, 9.17) is 4.74 Å². The number of esters is 1. The van der Waals surface area contributed by atoms with Crippen LogP contribution in [0.1, 0.15) is 28.6 Å². The van der Waals surface area contributed by atoms with Crippen LogP contribution in [-0.4, -0.2) is 51.5 Å². The van der Waals surface area contributed by atoms with E-state index in [1.54, 1.807) is 23.6 Å². The summed E-state index contributed by atoms with van der Waals surface area (Å²) in [5, 5.41) is 2.87. The van der Waals surface area contributed by atoms with Crippen LogP contribution in [0.5, 0.6) is 0 Å². The molecule has 8 nitrogen and oxygen atoms in total. The number of amides is 2.